The molecule has 0 saturated heterocycles. The third-order valence-corrected chi connectivity index (χ3v) is 6.22. The molecule has 0 amide bonds. The Morgan fingerprint density at radius 1 is 0.282 bits per heavy atom. The van der Waals surface area contributed by atoms with Crippen LogP contribution in [0.1, 0.15) is 0 Å². The fourth-order valence-electron chi connectivity index (χ4n) is 4.62. The van der Waals surface area contributed by atoms with Crippen molar-refractivity contribution in [1.29, 1.82) is 0 Å². The van der Waals surface area contributed by atoms with Crippen molar-refractivity contribution in [3.63, 3.8) is 0 Å². The summed E-state index contributed by atoms with van der Waals surface area (Å²) in [6.45, 7) is 0. The zero-order valence-corrected chi connectivity index (χ0v) is 18.1. The summed E-state index contributed by atoms with van der Waals surface area (Å²) in [5.41, 5.74) is -7.99. The molecule has 1 fully saturated rings. The van der Waals surface area contributed by atoms with Gasteiger partial charge in [-0.3, -0.25) is 0 Å². The van der Waals surface area contributed by atoms with Crippen LogP contribution in [-0.4, -0.2) is 6.15 Å². The summed E-state index contributed by atoms with van der Waals surface area (Å²) < 4.78 is 219. The highest BCUT2D eigenvalue weighted by Gasteiger charge is 2.52. The minimum Gasteiger partial charge on any atom is -0.207 e. The van der Waals surface area contributed by atoms with Gasteiger partial charge in [0, 0.05) is 0 Å². The van der Waals surface area contributed by atoms with Crippen LogP contribution in [0.15, 0.2) is 0 Å². The van der Waals surface area contributed by atoms with Crippen LogP contribution in [0, 0.1) is 119 Å². The lowest BCUT2D eigenvalue weighted by Gasteiger charge is -2.48. The Morgan fingerprint density at radius 2 is 0.462 bits per heavy atom. The van der Waals surface area contributed by atoms with Gasteiger partial charge in [0.1, 0.15) is 41.0 Å². The molecule has 3 aromatic carbocycles. The highest BCUT2D eigenvalue weighted by atomic mass is 19.2. The number of halogens is 15. The lowest BCUT2D eigenvalue weighted by Crippen LogP contribution is -2.76. The molecule has 0 aliphatic heterocycles. The molecule has 1 aliphatic rings. The highest BCUT2D eigenvalue weighted by molar-refractivity contribution is 7.16. The van der Waals surface area contributed by atoms with E-state index >= 15 is 26.3 Å². The molecule has 3 aromatic rings. The summed E-state index contributed by atoms with van der Waals surface area (Å²) >= 11 is 0. The van der Waals surface area contributed by atoms with E-state index in [0.29, 0.717) is 12.8 Å². The fourth-order valence-corrected chi connectivity index (χ4v) is 4.62. The van der Waals surface area contributed by atoms with E-state index < -0.39 is 116 Å². The SMILES string of the molecule is Fc1c(F)c(F)c([B-]([C]2[CH][CH][CH][CH]2)(c2c(F)c(F)c(F)c(F)c2F)c2c(F)c(F)c(F)c(F)c2F)c(F)c1F. The average Bonchev–Trinajstić information content (AvgIpc) is 3.46. The quantitative estimate of drug-likeness (QED) is 0.174. The second kappa shape index (κ2) is 9.70. The van der Waals surface area contributed by atoms with Crippen LogP contribution >= 0.6 is 0 Å². The van der Waals surface area contributed by atoms with E-state index in [4.69, 9.17) is 0 Å². The zero-order valence-electron chi connectivity index (χ0n) is 18.1. The number of hydrogen-bond donors (Lipinski definition) is 0. The third-order valence-electron chi connectivity index (χ3n) is 6.22. The lowest BCUT2D eigenvalue weighted by atomic mass is 9.10. The molecular weight excluding hydrogens is 572 g/mol. The van der Waals surface area contributed by atoms with Gasteiger partial charge in [0.2, 0.25) is 0 Å². The molecule has 0 N–H and O–H groups in total. The smallest absolute Gasteiger partial charge is 0.200 e. The van der Waals surface area contributed by atoms with Gasteiger partial charge < -0.3 is 0 Å². The highest BCUT2D eigenvalue weighted by Crippen LogP contribution is 2.38. The van der Waals surface area contributed by atoms with E-state index in [-0.39, 0.29) is 0 Å². The maximum Gasteiger partial charge on any atom is 0.200 e. The Bertz CT molecular complexity index is 1270. The molecule has 0 aromatic heterocycles. The topological polar surface area (TPSA) is 0 Å². The van der Waals surface area contributed by atoms with Gasteiger partial charge >= 0.3 is 0 Å². The fraction of sp³-hybridized carbons (Fsp3) is 0. The number of rotatable bonds is 4. The Balaban J connectivity index is 2.47. The molecule has 0 atom stereocenters. The maximum atomic E-state index is 15.2. The van der Waals surface area contributed by atoms with Crippen LogP contribution in [-0.2, 0) is 0 Å². The van der Waals surface area contributed by atoms with Gasteiger partial charge in [0.15, 0.2) is 52.4 Å². The second-order valence-electron chi connectivity index (χ2n) is 8.04. The van der Waals surface area contributed by atoms with E-state index in [2.05, 4.69) is 0 Å². The van der Waals surface area contributed by atoms with Crippen LogP contribution in [0.25, 0.3) is 0 Å². The molecule has 0 unspecified atom stereocenters. The third kappa shape index (κ3) is 3.73. The van der Waals surface area contributed by atoms with Crippen molar-refractivity contribution in [2.75, 3.05) is 0 Å². The van der Waals surface area contributed by atoms with Crippen molar-refractivity contribution < 1.29 is 65.9 Å². The van der Waals surface area contributed by atoms with Crippen molar-refractivity contribution in [1.82, 2.24) is 0 Å². The molecule has 39 heavy (non-hydrogen) atoms. The Morgan fingerprint density at radius 3 is 0.667 bits per heavy atom. The maximum absolute atomic E-state index is 15.2. The number of hydrogen-bond acceptors (Lipinski definition) is 0. The van der Waals surface area contributed by atoms with Crippen LogP contribution in [0.4, 0.5) is 65.9 Å². The summed E-state index contributed by atoms with van der Waals surface area (Å²) in [4.78, 5) is 0. The first kappa shape index (κ1) is 28.7. The van der Waals surface area contributed by atoms with E-state index in [1.54, 1.807) is 0 Å². The van der Waals surface area contributed by atoms with Crippen LogP contribution in [0.2, 0.25) is 0 Å². The molecule has 0 spiro atoms. The standard InChI is InChI=1S/C23H4BF15/c25-9-6(10(26)16(32)21(37)15(9)31)24(5-3-1-2-4-5,7-11(27)17(33)22(38)18(34)12(7)28)8-13(29)19(35)23(39)20(36)14(8)30/h1-4H/q-1. The van der Waals surface area contributed by atoms with Crippen LogP contribution in [0.3, 0.4) is 0 Å². The van der Waals surface area contributed by atoms with Crippen LogP contribution < -0.4 is 16.4 Å². The van der Waals surface area contributed by atoms with Gasteiger partial charge in [-0.05, 0) is 12.8 Å². The predicted octanol–water partition coefficient (Wildman–Crippen LogP) is 5.19. The van der Waals surface area contributed by atoms with Crippen molar-refractivity contribution in [3.8, 4) is 0 Å². The molecule has 0 heterocycles. The molecule has 5 radical (unpaired) electrons. The Labute approximate surface area is 208 Å². The minimum absolute atomic E-state index is 0.397. The number of benzene rings is 3. The monoisotopic (exact) mass is 576 g/mol. The largest absolute Gasteiger partial charge is 0.207 e. The minimum atomic E-state index is -5.68. The summed E-state index contributed by atoms with van der Waals surface area (Å²) in [7, 11) is 0. The van der Waals surface area contributed by atoms with E-state index in [1.807, 2.05) is 0 Å². The van der Waals surface area contributed by atoms with Crippen molar-refractivity contribution in [2.24, 2.45) is 0 Å². The molecule has 0 bridgehead atoms. The van der Waals surface area contributed by atoms with Gasteiger partial charge in [-0.2, -0.15) is 5.82 Å². The van der Waals surface area contributed by atoms with E-state index in [9.17, 15) is 39.5 Å². The van der Waals surface area contributed by atoms with E-state index in [0.717, 1.165) is 12.8 Å². The second-order valence-corrected chi connectivity index (χ2v) is 8.04. The predicted molar refractivity (Wildman–Crippen MR) is 104 cm³/mol. The summed E-state index contributed by atoms with van der Waals surface area (Å²) in [5, 5.41) is 0. The molecule has 4 rings (SSSR count). The summed E-state index contributed by atoms with van der Waals surface area (Å²) in [6, 6.07) is 0. The molecule has 205 valence electrons. The van der Waals surface area contributed by atoms with Gasteiger partial charge in [-0.1, -0.05) is 12.8 Å². The van der Waals surface area contributed by atoms with Crippen molar-refractivity contribution >= 4 is 22.5 Å². The Hall–Kier alpha value is -3.33. The van der Waals surface area contributed by atoms with Gasteiger partial charge in [-0.15, -0.1) is 16.4 Å². The lowest BCUT2D eigenvalue weighted by molar-refractivity contribution is 0.379. The van der Waals surface area contributed by atoms with Crippen molar-refractivity contribution in [2.45, 2.75) is 0 Å². The molecule has 16 heteroatoms. The first-order valence-corrected chi connectivity index (χ1v) is 10.1. The normalized spacial score (nSPS) is 14.5. The van der Waals surface area contributed by atoms with Gasteiger partial charge in [0.25, 0.3) is 0 Å². The summed E-state index contributed by atoms with van der Waals surface area (Å²) in [6.07, 6.45) is -3.42. The Kier molecular flexibility index (Phi) is 7.13. The molecular formula is C23H4BF15-. The molecule has 0 nitrogen and oxygen atoms in total. The van der Waals surface area contributed by atoms with Crippen LogP contribution in [0.5, 0.6) is 0 Å². The first-order chi connectivity index (χ1) is 18.1. The van der Waals surface area contributed by atoms with Gasteiger partial charge in [-0.25, -0.2) is 65.9 Å². The van der Waals surface area contributed by atoms with E-state index in [1.165, 1.54) is 0 Å². The van der Waals surface area contributed by atoms with Gasteiger partial charge in [0.05, 0.1) is 0 Å². The zero-order chi connectivity index (χ0) is 29.3. The first-order valence-electron chi connectivity index (χ1n) is 10.1. The average molecular weight is 576 g/mol. The molecule has 1 saturated carbocycles. The summed E-state index contributed by atoms with van der Waals surface area (Å²) in [5.74, 6) is -46.7. The molecule has 1 aliphatic carbocycles. The van der Waals surface area contributed by atoms with Crippen molar-refractivity contribution in [3.05, 3.63) is 119 Å².